The van der Waals surface area contributed by atoms with Gasteiger partial charge in [0.25, 0.3) is 0 Å². The number of benzene rings is 1. The Morgan fingerprint density at radius 3 is 2.15 bits per heavy atom. The van der Waals surface area contributed by atoms with Gasteiger partial charge >= 0.3 is 0 Å². The predicted octanol–water partition coefficient (Wildman–Crippen LogP) is 3.38. The van der Waals surface area contributed by atoms with Crippen molar-refractivity contribution in [1.82, 2.24) is 14.7 Å². The average molecular weight is 373 g/mol. The highest BCUT2D eigenvalue weighted by Gasteiger charge is 2.20. The van der Waals surface area contributed by atoms with E-state index in [0.29, 0.717) is 6.04 Å². The van der Waals surface area contributed by atoms with Gasteiger partial charge in [-0.2, -0.15) is 0 Å². The Hall–Kier alpha value is -1.10. The van der Waals surface area contributed by atoms with E-state index in [1.165, 1.54) is 63.4 Å². The van der Waals surface area contributed by atoms with Crippen LogP contribution in [-0.2, 0) is 6.54 Å². The van der Waals surface area contributed by atoms with E-state index in [1.54, 1.807) is 0 Å². The van der Waals surface area contributed by atoms with E-state index in [0.717, 1.165) is 25.6 Å². The maximum absolute atomic E-state index is 2.58. The fourth-order valence-electron chi connectivity index (χ4n) is 4.61. The summed E-state index contributed by atoms with van der Waals surface area (Å²) < 4.78 is 0. The van der Waals surface area contributed by atoms with E-state index < -0.39 is 0 Å². The third kappa shape index (κ3) is 5.94. The lowest BCUT2D eigenvalue weighted by Gasteiger charge is -2.38. The number of hydrogen-bond acceptors (Lipinski definition) is 4. The van der Waals surface area contributed by atoms with Gasteiger partial charge in [0.05, 0.1) is 0 Å². The van der Waals surface area contributed by atoms with Crippen LogP contribution >= 0.6 is 0 Å². The number of piperazine rings is 1. The molecular weight excluding hydrogens is 332 g/mol. The number of rotatable bonds is 7. The van der Waals surface area contributed by atoms with Gasteiger partial charge in [0.15, 0.2) is 0 Å². The van der Waals surface area contributed by atoms with Crippen molar-refractivity contribution >= 4 is 5.69 Å². The normalized spacial score (nSPS) is 20.7. The van der Waals surface area contributed by atoms with Gasteiger partial charge in [-0.05, 0) is 77.0 Å². The molecule has 27 heavy (non-hydrogen) atoms. The van der Waals surface area contributed by atoms with Crippen molar-refractivity contribution in [3.05, 3.63) is 29.8 Å². The lowest BCUT2D eigenvalue weighted by molar-refractivity contribution is 0.157. The van der Waals surface area contributed by atoms with E-state index in [9.17, 15) is 0 Å². The zero-order chi connectivity index (χ0) is 19.2. The van der Waals surface area contributed by atoms with Gasteiger partial charge in [-0.3, -0.25) is 4.90 Å². The lowest BCUT2D eigenvalue weighted by atomic mass is 9.96. The van der Waals surface area contributed by atoms with Crippen molar-refractivity contribution in [3.8, 4) is 0 Å². The number of nitrogens with zero attached hydrogens (tertiary/aromatic N) is 4. The molecule has 1 aromatic carbocycles. The molecule has 1 aromatic rings. The van der Waals surface area contributed by atoms with Crippen LogP contribution in [-0.4, -0.2) is 80.1 Å². The van der Waals surface area contributed by atoms with Crippen molar-refractivity contribution < 1.29 is 0 Å². The molecule has 2 heterocycles. The molecule has 4 heteroatoms. The average Bonchev–Trinajstić information content (AvgIpc) is 2.69. The third-order valence-corrected chi connectivity index (χ3v) is 6.52. The minimum Gasteiger partial charge on any atom is -0.369 e. The summed E-state index contributed by atoms with van der Waals surface area (Å²) >= 11 is 0. The Morgan fingerprint density at radius 2 is 1.59 bits per heavy atom. The molecule has 2 fully saturated rings. The summed E-state index contributed by atoms with van der Waals surface area (Å²) in [6.45, 7) is 17.6. The fourth-order valence-corrected chi connectivity index (χ4v) is 4.61. The van der Waals surface area contributed by atoms with Gasteiger partial charge in [-0.15, -0.1) is 0 Å². The molecule has 0 atom stereocenters. The molecule has 0 bridgehead atoms. The maximum Gasteiger partial charge on any atom is 0.0367 e. The molecule has 0 amide bonds. The largest absolute Gasteiger partial charge is 0.369 e. The first-order valence-corrected chi connectivity index (χ1v) is 11.0. The minimum absolute atomic E-state index is 0.666. The van der Waals surface area contributed by atoms with Crippen LogP contribution in [0.3, 0.4) is 0 Å². The molecule has 0 unspecified atom stereocenters. The molecule has 4 nitrogen and oxygen atoms in total. The number of likely N-dealkylation sites (tertiary alicyclic amines) is 1. The smallest absolute Gasteiger partial charge is 0.0367 e. The van der Waals surface area contributed by atoms with Gasteiger partial charge in [-0.25, -0.2) is 0 Å². The minimum atomic E-state index is 0.666. The summed E-state index contributed by atoms with van der Waals surface area (Å²) in [5, 5.41) is 0. The monoisotopic (exact) mass is 372 g/mol. The maximum atomic E-state index is 2.58. The Kier molecular flexibility index (Phi) is 7.57. The van der Waals surface area contributed by atoms with Crippen LogP contribution in [0.2, 0.25) is 0 Å². The second kappa shape index (κ2) is 9.90. The van der Waals surface area contributed by atoms with E-state index >= 15 is 0 Å². The van der Waals surface area contributed by atoms with Crippen molar-refractivity contribution in [2.45, 2.75) is 46.2 Å². The highest BCUT2D eigenvalue weighted by Crippen LogP contribution is 2.21. The molecule has 0 saturated carbocycles. The van der Waals surface area contributed by atoms with Crippen molar-refractivity contribution in [2.75, 3.05) is 64.3 Å². The lowest BCUT2D eigenvalue weighted by Crippen LogP contribution is -2.48. The van der Waals surface area contributed by atoms with Crippen LogP contribution in [0.1, 0.15) is 39.2 Å². The topological polar surface area (TPSA) is 13.0 Å². The van der Waals surface area contributed by atoms with E-state index in [-0.39, 0.29) is 0 Å². The van der Waals surface area contributed by atoms with Crippen molar-refractivity contribution in [1.29, 1.82) is 0 Å². The fraction of sp³-hybridized carbons (Fsp3) is 0.739. The molecule has 3 rings (SSSR count). The Labute approximate surface area is 167 Å². The van der Waals surface area contributed by atoms with Gasteiger partial charge in [0.1, 0.15) is 0 Å². The number of anilines is 1. The van der Waals surface area contributed by atoms with Gasteiger partial charge < -0.3 is 14.7 Å². The van der Waals surface area contributed by atoms with Gasteiger partial charge in [0, 0.05) is 51.0 Å². The Bertz CT molecular complexity index is 540. The van der Waals surface area contributed by atoms with Crippen LogP contribution in [0, 0.1) is 5.92 Å². The summed E-state index contributed by atoms with van der Waals surface area (Å²) in [6.07, 6.45) is 2.72. The molecule has 2 saturated heterocycles. The van der Waals surface area contributed by atoms with Gasteiger partial charge in [-0.1, -0.05) is 19.1 Å². The van der Waals surface area contributed by atoms with Crippen LogP contribution in [0.5, 0.6) is 0 Å². The quantitative estimate of drug-likeness (QED) is 0.727. The molecule has 0 aromatic heterocycles. The molecule has 2 aliphatic heterocycles. The van der Waals surface area contributed by atoms with E-state index in [4.69, 9.17) is 0 Å². The molecular formula is C23H40N4. The first-order valence-electron chi connectivity index (χ1n) is 11.0. The standard InChI is InChI=1S/C23H40N4/c1-5-25-12-10-22(11-13-25)19-24(4)18-21-6-8-23(9-7-21)27-16-14-26(15-17-27)20(2)3/h6-9,20,22H,5,10-19H2,1-4H3. The summed E-state index contributed by atoms with van der Waals surface area (Å²) in [7, 11) is 2.28. The van der Waals surface area contributed by atoms with Crippen LogP contribution < -0.4 is 4.90 Å². The van der Waals surface area contributed by atoms with E-state index in [1.807, 2.05) is 0 Å². The second-order valence-corrected chi connectivity index (χ2v) is 8.86. The zero-order valence-corrected chi connectivity index (χ0v) is 18.0. The summed E-state index contributed by atoms with van der Waals surface area (Å²) in [5.41, 5.74) is 2.82. The van der Waals surface area contributed by atoms with Crippen LogP contribution in [0.15, 0.2) is 24.3 Å². The summed E-state index contributed by atoms with van der Waals surface area (Å²) in [6, 6.07) is 9.99. The Morgan fingerprint density at radius 1 is 0.963 bits per heavy atom. The first kappa shape index (κ1) is 20.6. The summed E-state index contributed by atoms with van der Waals surface area (Å²) in [4.78, 5) is 10.2. The highest BCUT2D eigenvalue weighted by atomic mass is 15.3. The SMILES string of the molecule is CCN1CCC(CN(C)Cc2ccc(N3CCN(C(C)C)CC3)cc2)CC1. The second-order valence-electron chi connectivity index (χ2n) is 8.86. The predicted molar refractivity (Wildman–Crippen MR) is 117 cm³/mol. The Balaban J connectivity index is 1.44. The zero-order valence-electron chi connectivity index (χ0n) is 18.0. The molecule has 152 valence electrons. The van der Waals surface area contributed by atoms with Gasteiger partial charge in [0.2, 0.25) is 0 Å². The molecule has 0 aliphatic carbocycles. The summed E-state index contributed by atoms with van der Waals surface area (Å²) in [5.74, 6) is 0.870. The molecule has 0 N–H and O–H groups in total. The highest BCUT2D eigenvalue weighted by molar-refractivity contribution is 5.48. The van der Waals surface area contributed by atoms with Crippen LogP contribution in [0.25, 0.3) is 0 Å². The van der Waals surface area contributed by atoms with E-state index in [2.05, 4.69) is 71.7 Å². The molecule has 2 aliphatic rings. The van der Waals surface area contributed by atoms with Crippen LogP contribution in [0.4, 0.5) is 5.69 Å². The molecule has 0 spiro atoms. The number of piperidine rings is 1. The third-order valence-electron chi connectivity index (χ3n) is 6.52. The first-order chi connectivity index (χ1) is 13.0. The van der Waals surface area contributed by atoms with Crippen molar-refractivity contribution in [3.63, 3.8) is 0 Å². The van der Waals surface area contributed by atoms with Crippen molar-refractivity contribution in [2.24, 2.45) is 5.92 Å². The number of hydrogen-bond donors (Lipinski definition) is 0. The molecule has 0 radical (unpaired) electrons.